The van der Waals surface area contributed by atoms with Crippen LogP contribution in [-0.2, 0) is 0 Å². The van der Waals surface area contributed by atoms with Crippen LogP contribution in [-0.4, -0.2) is 26.3 Å². The van der Waals surface area contributed by atoms with Crippen LogP contribution >= 0.6 is 11.3 Å². The van der Waals surface area contributed by atoms with Gasteiger partial charge in [-0.1, -0.05) is 24.3 Å². The fourth-order valence-electron chi connectivity index (χ4n) is 2.20. The van der Waals surface area contributed by atoms with Gasteiger partial charge in [0.05, 0.1) is 16.8 Å². The maximum absolute atomic E-state index is 9.92. The molecule has 0 radical (unpaired) electrons. The highest BCUT2D eigenvalue weighted by atomic mass is 32.1. The number of hydrogen-bond donors (Lipinski definition) is 1. The molecule has 25 heavy (non-hydrogen) atoms. The number of thiophene rings is 1. The first-order valence-electron chi connectivity index (χ1n) is 7.46. The second-order valence-electron chi connectivity index (χ2n) is 5.05. The summed E-state index contributed by atoms with van der Waals surface area (Å²) in [6.45, 7) is 0. The molecule has 3 heterocycles. The van der Waals surface area contributed by atoms with Crippen molar-refractivity contribution in [2.45, 2.75) is 0 Å². The largest absolute Gasteiger partial charge is 0.479 e. The predicted molar refractivity (Wildman–Crippen MR) is 96.2 cm³/mol. The van der Waals surface area contributed by atoms with Crippen LogP contribution in [0.25, 0.3) is 22.0 Å². The molecule has 0 saturated carbocycles. The fraction of sp³-hybridized carbons (Fsp3) is 0. The van der Waals surface area contributed by atoms with E-state index in [0.29, 0.717) is 5.89 Å². The minimum atomic E-state index is -0.294. The lowest BCUT2D eigenvalue weighted by molar-refractivity contribution is 0.337. The first-order chi connectivity index (χ1) is 12.3. The molecule has 0 saturated heterocycles. The van der Waals surface area contributed by atoms with Gasteiger partial charge in [-0.25, -0.2) is 19.9 Å². The Bertz CT molecular complexity index is 1010. The van der Waals surface area contributed by atoms with Crippen molar-refractivity contribution in [2.75, 3.05) is 0 Å². The van der Waals surface area contributed by atoms with E-state index in [2.05, 4.69) is 19.9 Å². The van der Waals surface area contributed by atoms with Crippen LogP contribution in [0, 0.1) is 0 Å². The summed E-state index contributed by atoms with van der Waals surface area (Å²) in [6, 6.07) is 15.1. The van der Waals surface area contributed by atoms with Crippen molar-refractivity contribution < 1.29 is 9.52 Å². The third-order valence-electron chi connectivity index (χ3n) is 3.37. The van der Waals surface area contributed by atoms with Crippen LogP contribution in [0.1, 0.15) is 5.69 Å². The topological polar surface area (TPSA) is 84.4 Å². The van der Waals surface area contributed by atoms with Gasteiger partial charge in [-0.05, 0) is 29.6 Å². The zero-order valence-electron chi connectivity index (χ0n) is 12.9. The molecular weight excluding hydrogens is 336 g/mol. The van der Waals surface area contributed by atoms with Gasteiger partial charge in [0.25, 0.3) is 0 Å². The molecule has 0 atom stereocenters. The molecule has 4 aromatic rings. The lowest BCUT2D eigenvalue weighted by atomic mass is 10.2. The Kier molecular flexibility index (Phi) is 4.05. The van der Waals surface area contributed by atoms with E-state index in [1.54, 1.807) is 17.5 Å². The average molecular weight is 348 g/mol. The highest BCUT2D eigenvalue weighted by molar-refractivity contribution is 7.13. The van der Waals surface area contributed by atoms with Crippen molar-refractivity contribution in [1.82, 2.24) is 15.0 Å². The van der Waals surface area contributed by atoms with Gasteiger partial charge in [0.2, 0.25) is 11.8 Å². The van der Waals surface area contributed by atoms with Crippen molar-refractivity contribution >= 4 is 23.5 Å². The van der Waals surface area contributed by atoms with Gasteiger partial charge in [0.1, 0.15) is 0 Å². The molecule has 7 heteroatoms. The van der Waals surface area contributed by atoms with Crippen molar-refractivity contribution in [3.8, 4) is 28.0 Å². The Hall–Kier alpha value is -3.32. The molecule has 1 N–H and O–H groups in total. The van der Waals surface area contributed by atoms with Gasteiger partial charge in [0.15, 0.2) is 5.69 Å². The average Bonchev–Trinajstić information content (AvgIpc) is 3.31. The minimum Gasteiger partial charge on any atom is -0.479 e. The van der Waals surface area contributed by atoms with Gasteiger partial charge in [0, 0.05) is 11.8 Å². The SMILES string of the molecule is Oc1oc(-c2ccccc2)nc1/C=N/c1nccc(-c2cccs2)n1. The molecule has 0 aliphatic carbocycles. The molecule has 0 unspecified atom stereocenters. The smallest absolute Gasteiger partial charge is 0.312 e. The van der Waals surface area contributed by atoms with Gasteiger partial charge in [-0.15, -0.1) is 11.3 Å². The van der Waals surface area contributed by atoms with E-state index in [0.717, 1.165) is 16.1 Å². The molecule has 0 fully saturated rings. The highest BCUT2D eigenvalue weighted by Crippen LogP contribution is 2.26. The Labute approximate surface area is 147 Å². The normalized spacial score (nSPS) is 11.2. The highest BCUT2D eigenvalue weighted by Gasteiger charge is 2.12. The Morgan fingerprint density at radius 2 is 1.92 bits per heavy atom. The number of nitrogens with zero attached hydrogens (tertiary/aromatic N) is 4. The molecule has 0 aliphatic rings. The summed E-state index contributed by atoms with van der Waals surface area (Å²) in [5, 5.41) is 11.9. The molecule has 122 valence electrons. The van der Waals surface area contributed by atoms with E-state index in [-0.39, 0.29) is 17.6 Å². The monoisotopic (exact) mass is 348 g/mol. The van der Waals surface area contributed by atoms with E-state index in [1.807, 2.05) is 53.9 Å². The van der Waals surface area contributed by atoms with Crippen molar-refractivity contribution in [2.24, 2.45) is 4.99 Å². The van der Waals surface area contributed by atoms with Gasteiger partial charge < -0.3 is 9.52 Å². The van der Waals surface area contributed by atoms with Gasteiger partial charge >= 0.3 is 5.95 Å². The summed E-state index contributed by atoms with van der Waals surface area (Å²) in [4.78, 5) is 18.0. The van der Waals surface area contributed by atoms with Gasteiger partial charge in [-0.3, -0.25) is 0 Å². The standard InChI is InChI=1S/C18H12N4O2S/c23-17-14(21-16(24-17)12-5-2-1-3-6-12)11-20-18-19-9-8-13(22-18)15-7-4-10-25-15/h1-11,23H/b20-11+. The van der Waals surface area contributed by atoms with E-state index >= 15 is 0 Å². The zero-order valence-corrected chi connectivity index (χ0v) is 13.7. The number of aromatic hydroxyl groups is 1. The van der Waals surface area contributed by atoms with Gasteiger partial charge in [-0.2, -0.15) is 0 Å². The lowest BCUT2D eigenvalue weighted by Crippen LogP contribution is -1.87. The van der Waals surface area contributed by atoms with E-state index < -0.39 is 0 Å². The maximum Gasteiger partial charge on any atom is 0.312 e. The molecule has 3 aromatic heterocycles. The summed E-state index contributed by atoms with van der Waals surface area (Å²) >= 11 is 1.59. The first kappa shape index (κ1) is 15.2. The predicted octanol–water partition coefficient (Wildman–Crippen LogP) is 4.32. The van der Waals surface area contributed by atoms with Crippen molar-refractivity contribution in [3.63, 3.8) is 0 Å². The first-order valence-corrected chi connectivity index (χ1v) is 8.34. The lowest BCUT2D eigenvalue weighted by Gasteiger charge is -1.96. The van der Waals surface area contributed by atoms with Crippen LogP contribution in [0.5, 0.6) is 5.95 Å². The third-order valence-corrected chi connectivity index (χ3v) is 4.27. The van der Waals surface area contributed by atoms with Crippen molar-refractivity contribution in [3.05, 3.63) is 65.8 Å². The molecule has 0 amide bonds. The van der Waals surface area contributed by atoms with Crippen LogP contribution < -0.4 is 0 Å². The Balaban J connectivity index is 1.60. The summed E-state index contributed by atoms with van der Waals surface area (Å²) in [5.74, 6) is 0.319. The molecule has 4 rings (SSSR count). The van der Waals surface area contributed by atoms with E-state index in [1.165, 1.54) is 6.21 Å². The Morgan fingerprint density at radius 3 is 2.72 bits per heavy atom. The molecule has 0 spiro atoms. The fourth-order valence-corrected chi connectivity index (χ4v) is 2.90. The summed E-state index contributed by atoms with van der Waals surface area (Å²) < 4.78 is 5.29. The number of benzene rings is 1. The van der Waals surface area contributed by atoms with Crippen LogP contribution in [0.4, 0.5) is 5.95 Å². The quantitative estimate of drug-likeness (QED) is 0.555. The zero-order chi connectivity index (χ0) is 17.1. The van der Waals surface area contributed by atoms with E-state index in [4.69, 9.17) is 4.42 Å². The van der Waals surface area contributed by atoms with Crippen LogP contribution in [0.3, 0.4) is 0 Å². The maximum atomic E-state index is 9.92. The number of rotatable bonds is 4. The van der Waals surface area contributed by atoms with Crippen molar-refractivity contribution in [1.29, 1.82) is 0 Å². The summed E-state index contributed by atoms with van der Waals surface area (Å²) in [6.07, 6.45) is 3.03. The van der Waals surface area contributed by atoms with E-state index in [9.17, 15) is 5.11 Å². The third kappa shape index (κ3) is 3.31. The molecule has 0 bridgehead atoms. The second-order valence-corrected chi connectivity index (χ2v) is 6.00. The summed E-state index contributed by atoms with van der Waals surface area (Å²) in [5.41, 5.74) is 1.80. The molecule has 1 aromatic carbocycles. The number of aromatic nitrogens is 3. The number of hydrogen-bond acceptors (Lipinski definition) is 7. The Morgan fingerprint density at radius 1 is 1.04 bits per heavy atom. The minimum absolute atomic E-state index is 0.226. The van der Waals surface area contributed by atoms with Crippen LogP contribution in [0.2, 0.25) is 0 Å². The number of aliphatic imine (C=N–C) groups is 1. The van der Waals surface area contributed by atoms with Crippen LogP contribution in [0.15, 0.2) is 69.5 Å². The molecule has 6 nitrogen and oxygen atoms in total. The number of oxazole rings is 1. The summed E-state index contributed by atoms with van der Waals surface area (Å²) in [7, 11) is 0. The molecular formula is C18H12N4O2S. The second kappa shape index (κ2) is 6.66. The molecule has 0 aliphatic heterocycles.